The fourth-order valence-electron chi connectivity index (χ4n) is 1.88. The summed E-state index contributed by atoms with van der Waals surface area (Å²) in [4.78, 5) is 3.73. The van der Waals surface area contributed by atoms with Gasteiger partial charge in [-0.05, 0) is 13.1 Å². The first-order valence-electron chi connectivity index (χ1n) is 5.29. The van der Waals surface area contributed by atoms with Crippen LogP contribution in [-0.4, -0.2) is 38.0 Å². The van der Waals surface area contributed by atoms with E-state index in [1.807, 2.05) is 0 Å². The smallest absolute Gasteiger partial charge is 0.146 e. The third kappa shape index (κ3) is 2.37. The summed E-state index contributed by atoms with van der Waals surface area (Å²) in [7, 11) is 1.78. The Morgan fingerprint density at radius 2 is 2.44 bits per heavy atom. The van der Waals surface area contributed by atoms with Crippen LogP contribution in [0.3, 0.4) is 0 Å². The predicted molar refractivity (Wildman–Crippen MR) is 56.6 cm³/mol. The third-order valence-electron chi connectivity index (χ3n) is 2.66. The SMILES string of the molecule is CNC(c1ccncc1F)C1COCCO1. The van der Waals surface area contributed by atoms with Crippen LogP contribution in [0.25, 0.3) is 0 Å². The molecule has 2 heterocycles. The normalized spacial score (nSPS) is 23.0. The number of nitrogens with one attached hydrogen (secondary N) is 1. The molecule has 0 aromatic carbocycles. The van der Waals surface area contributed by atoms with Crippen LogP contribution in [0.4, 0.5) is 4.39 Å². The lowest BCUT2D eigenvalue weighted by molar-refractivity contribution is -0.102. The van der Waals surface area contributed by atoms with Gasteiger partial charge in [0.15, 0.2) is 0 Å². The molecule has 1 fully saturated rings. The highest BCUT2D eigenvalue weighted by Gasteiger charge is 2.27. The molecule has 4 nitrogen and oxygen atoms in total. The number of rotatable bonds is 3. The Labute approximate surface area is 93.8 Å². The highest BCUT2D eigenvalue weighted by molar-refractivity contribution is 5.19. The van der Waals surface area contributed by atoms with Crippen molar-refractivity contribution in [3.8, 4) is 0 Å². The van der Waals surface area contributed by atoms with Gasteiger partial charge in [-0.3, -0.25) is 4.98 Å². The molecular weight excluding hydrogens is 211 g/mol. The van der Waals surface area contributed by atoms with Crippen LogP contribution >= 0.6 is 0 Å². The number of aromatic nitrogens is 1. The Morgan fingerprint density at radius 1 is 1.56 bits per heavy atom. The van der Waals surface area contributed by atoms with Gasteiger partial charge in [-0.25, -0.2) is 4.39 Å². The van der Waals surface area contributed by atoms with Gasteiger partial charge < -0.3 is 14.8 Å². The van der Waals surface area contributed by atoms with Crippen LogP contribution in [0.5, 0.6) is 0 Å². The van der Waals surface area contributed by atoms with Crippen LogP contribution in [0.1, 0.15) is 11.6 Å². The molecule has 0 bridgehead atoms. The van der Waals surface area contributed by atoms with Crippen LogP contribution in [-0.2, 0) is 9.47 Å². The summed E-state index contributed by atoms with van der Waals surface area (Å²) in [6.45, 7) is 1.63. The van der Waals surface area contributed by atoms with Gasteiger partial charge in [0.25, 0.3) is 0 Å². The van der Waals surface area contributed by atoms with E-state index in [1.54, 1.807) is 19.3 Å². The number of nitrogens with zero attached hydrogens (tertiary/aromatic N) is 1. The highest BCUT2D eigenvalue weighted by Crippen LogP contribution is 2.22. The van der Waals surface area contributed by atoms with E-state index in [0.29, 0.717) is 25.4 Å². The first kappa shape index (κ1) is 11.4. The molecule has 88 valence electrons. The van der Waals surface area contributed by atoms with E-state index in [0.717, 1.165) is 0 Å². The van der Waals surface area contributed by atoms with Crippen LogP contribution in [0.15, 0.2) is 18.5 Å². The number of ether oxygens (including phenoxy) is 2. The molecule has 2 unspecified atom stereocenters. The lowest BCUT2D eigenvalue weighted by atomic mass is 10.0. The molecule has 0 amide bonds. The van der Waals surface area contributed by atoms with E-state index in [2.05, 4.69) is 10.3 Å². The van der Waals surface area contributed by atoms with Crippen molar-refractivity contribution in [1.29, 1.82) is 0 Å². The fourth-order valence-corrected chi connectivity index (χ4v) is 1.88. The Morgan fingerprint density at radius 3 is 3.06 bits per heavy atom. The minimum absolute atomic E-state index is 0.157. The second-order valence-corrected chi connectivity index (χ2v) is 3.65. The number of hydrogen-bond acceptors (Lipinski definition) is 4. The topological polar surface area (TPSA) is 43.4 Å². The maximum atomic E-state index is 13.6. The summed E-state index contributed by atoms with van der Waals surface area (Å²) in [5.41, 5.74) is 0.563. The lowest BCUT2D eigenvalue weighted by Gasteiger charge is -2.30. The Balaban J connectivity index is 2.18. The van der Waals surface area contributed by atoms with E-state index in [-0.39, 0.29) is 18.0 Å². The molecule has 5 heteroatoms. The van der Waals surface area contributed by atoms with Crippen LogP contribution in [0, 0.1) is 5.82 Å². The van der Waals surface area contributed by atoms with Crippen molar-refractivity contribution in [2.75, 3.05) is 26.9 Å². The summed E-state index contributed by atoms with van der Waals surface area (Å²) in [6.07, 6.45) is 2.63. The summed E-state index contributed by atoms with van der Waals surface area (Å²) >= 11 is 0. The molecule has 2 rings (SSSR count). The molecule has 1 aromatic heterocycles. The zero-order valence-electron chi connectivity index (χ0n) is 9.15. The van der Waals surface area contributed by atoms with Crippen LogP contribution in [0.2, 0.25) is 0 Å². The minimum Gasteiger partial charge on any atom is -0.376 e. The summed E-state index contributed by atoms with van der Waals surface area (Å²) in [6, 6.07) is 1.46. The molecule has 1 aliphatic heterocycles. The molecule has 0 radical (unpaired) electrons. The molecule has 0 spiro atoms. The van der Waals surface area contributed by atoms with Crippen molar-refractivity contribution < 1.29 is 13.9 Å². The predicted octanol–water partition coefficient (Wildman–Crippen LogP) is 0.897. The van der Waals surface area contributed by atoms with Crippen molar-refractivity contribution >= 4 is 0 Å². The minimum atomic E-state index is -0.323. The lowest BCUT2D eigenvalue weighted by Crippen LogP contribution is -2.39. The average Bonchev–Trinajstić information content (AvgIpc) is 2.34. The largest absolute Gasteiger partial charge is 0.376 e. The summed E-state index contributed by atoms with van der Waals surface area (Å²) in [5, 5.41) is 3.06. The standard InChI is InChI=1S/C11H15FN2O2/c1-13-11(10-7-15-4-5-16-10)8-2-3-14-6-9(8)12/h2-3,6,10-11,13H,4-5,7H2,1H3. The molecule has 0 saturated carbocycles. The second kappa shape index (κ2) is 5.34. The Kier molecular flexibility index (Phi) is 3.82. The zero-order valence-corrected chi connectivity index (χ0v) is 9.15. The molecule has 16 heavy (non-hydrogen) atoms. The molecule has 1 aliphatic rings. The fraction of sp³-hybridized carbons (Fsp3) is 0.545. The third-order valence-corrected chi connectivity index (χ3v) is 2.66. The van der Waals surface area contributed by atoms with Gasteiger partial charge in [0, 0.05) is 11.8 Å². The van der Waals surface area contributed by atoms with Crippen molar-refractivity contribution in [2.24, 2.45) is 0 Å². The molecule has 1 aromatic rings. The summed E-state index contributed by atoms with van der Waals surface area (Å²) in [5.74, 6) is -0.323. The van der Waals surface area contributed by atoms with Crippen LogP contribution < -0.4 is 5.32 Å². The van der Waals surface area contributed by atoms with Crippen molar-refractivity contribution in [3.63, 3.8) is 0 Å². The number of hydrogen-bond donors (Lipinski definition) is 1. The number of likely N-dealkylation sites (N-methyl/N-ethyl adjacent to an activating group) is 1. The van der Waals surface area contributed by atoms with Gasteiger partial charge in [-0.1, -0.05) is 0 Å². The van der Waals surface area contributed by atoms with Gasteiger partial charge in [0.2, 0.25) is 0 Å². The van der Waals surface area contributed by atoms with E-state index >= 15 is 0 Å². The van der Waals surface area contributed by atoms with E-state index in [4.69, 9.17) is 9.47 Å². The van der Waals surface area contributed by atoms with Crippen molar-refractivity contribution in [3.05, 3.63) is 29.8 Å². The first-order valence-corrected chi connectivity index (χ1v) is 5.29. The summed E-state index contributed by atoms with van der Waals surface area (Å²) < 4.78 is 24.5. The monoisotopic (exact) mass is 226 g/mol. The van der Waals surface area contributed by atoms with Gasteiger partial charge >= 0.3 is 0 Å². The maximum absolute atomic E-state index is 13.6. The first-order chi connectivity index (χ1) is 7.83. The van der Waals surface area contributed by atoms with Crippen molar-refractivity contribution in [2.45, 2.75) is 12.1 Å². The average molecular weight is 226 g/mol. The Bertz CT molecular complexity index is 343. The molecule has 0 aliphatic carbocycles. The van der Waals surface area contributed by atoms with E-state index < -0.39 is 0 Å². The number of halogens is 1. The molecular formula is C11H15FN2O2. The van der Waals surface area contributed by atoms with Gasteiger partial charge in [0.05, 0.1) is 32.1 Å². The van der Waals surface area contributed by atoms with Gasteiger partial charge in [-0.2, -0.15) is 0 Å². The second-order valence-electron chi connectivity index (χ2n) is 3.65. The van der Waals surface area contributed by atoms with Gasteiger partial charge in [0.1, 0.15) is 11.9 Å². The highest BCUT2D eigenvalue weighted by atomic mass is 19.1. The molecule has 1 N–H and O–H groups in total. The van der Waals surface area contributed by atoms with E-state index in [9.17, 15) is 4.39 Å². The van der Waals surface area contributed by atoms with E-state index in [1.165, 1.54) is 6.20 Å². The van der Waals surface area contributed by atoms with Gasteiger partial charge in [-0.15, -0.1) is 0 Å². The maximum Gasteiger partial charge on any atom is 0.146 e. The quantitative estimate of drug-likeness (QED) is 0.831. The molecule has 1 saturated heterocycles. The molecule has 2 atom stereocenters. The van der Waals surface area contributed by atoms with Crippen molar-refractivity contribution in [1.82, 2.24) is 10.3 Å². The zero-order chi connectivity index (χ0) is 11.4. The number of pyridine rings is 1. The Hall–Kier alpha value is -1.04.